The number of amides is 1. The molecule has 1 aliphatic heterocycles. The van der Waals surface area contributed by atoms with E-state index in [2.05, 4.69) is 0 Å². The molecule has 0 saturated carbocycles. The van der Waals surface area contributed by atoms with E-state index in [1.165, 1.54) is 0 Å². The number of nitrogens with zero attached hydrogens (tertiary/aromatic N) is 4. The summed E-state index contributed by atoms with van der Waals surface area (Å²) in [6.45, 7) is 3.80. The topological polar surface area (TPSA) is 50.5 Å². The summed E-state index contributed by atoms with van der Waals surface area (Å²) < 4.78 is 3.44. The zero-order valence-electron chi connectivity index (χ0n) is 17.9. The van der Waals surface area contributed by atoms with Crippen molar-refractivity contribution in [3.8, 4) is 5.69 Å². The van der Waals surface area contributed by atoms with E-state index in [0.29, 0.717) is 5.69 Å². The van der Waals surface area contributed by atoms with E-state index in [1.54, 1.807) is 21.3 Å². The van der Waals surface area contributed by atoms with Gasteiger partial charge in [0.2, 0.25) is 5.91 Å². The van der Waals surface area contributed by atoms with Crippen LogP contribution in [0.25, 0.3) is 5.69 Å². The number of carbonyl (C=O) groups is 1. The third-order valence-electron chi connectivity index (χ3n) is 5.61. The van der Waals surface area contributed by atoms with Gasteiger partial charge in [-0.1, -0.05) is 30.3 Å². The molecule has 2 unspecified atom stereocenters. The summed E-state index contributed by atoms with van der Waals surface area (Å²) in [5.41, 5.74) is 3.91. The van der Waals surface area contributed by atoms with Gasteiger partial charge in [-0.15, -0.1) is 11.8 Å². The summed E-state index contributed by atoms with van der Waals surface area (Å²) in [5, 5.41) is -0.450. The van der Waals surface area contributed by atoms with Crippen molar-refractivity contribution in [1.82, 2.24) is 9.36 Å². The van der Waals surface area contributed by atoms with E-state index in [0.717, 1.165) is 22.6 Å². The normalized spacial score (nSPS) is 18.8. The van der Waals surface area contributed by atoms with Crippen LogP contribution in [0.15, 0.2) is 59.4 Å². The fourth-order valence-electron chi connectivity index (χ4n) is 3.85. The van der Waals surface area contributed by atoms with Gasteiger partial charge >= 0.3 is 0 Å². The highest BCUT2D eigenvalue weighted by molar-refractivity contribution is 8.01. The van der Waals surface area contributed by atoms with Gasteiger partial charge in [-0.2, -0.15) is 0 Å². The summed E-state index contributed by atoms with van der Waals surface area (Å²) in [4.78, 5) is 30.4. The number of carbonyl (C=O) groups excluding carboxylic acids is 1. The van der Waals surface area contributed by atoms with Crippen molar-refractivity contribution >= 4 is 29.0 Å². The summed E-state index contributed by atoms with van der Waals surface area (Å²) in [6, 6.07) is 17.7. The molecule has 1 fully saturated rings. The van der Waals surface area contributed by atoms with E-state index in [-0.39, 0.29) is 22.1 Å². The minimum atomic E-state index is -0.235. The molecule has 0 bridgehead atoms. The van der Waals surface area contributed by atoms with Crippen LogP contribution in [0.5, 0.6) is 0 Å². The summed E-state index contributed by atoms with van der Waals surface area (Å²) in [5.74, 6) is -0.0345. The SMILES string of the molecule is Cc1c(N2C(=O)C(C)SC2c2ccc(N(C)C)cc2)c(=O)n(-c2ccccc2)n1C. The zero-order valence-corrected chi connectivity index (χ0v) is 18.7. The maximum atomic E-state index is 13.5. The molecular formula is C23H26N4O2S. The molecule has 2 aromatic carbocycles. The third-order valence-corrected chi connectivity index (χ3v) is 6.96. The first kappa shape index (κ1) is 20.3. The average molecular weight is 423 g/mol. The largest absolute Gasteiger partial charge is 0.378 e. The molecule has 1 amide bonds. The number of aromatic nitrogens is 2. The molecule has 1 saturated heterocycles. The molecular weight excluding hydrogens is 396 g/mol. The van der Waals surface area contributed by atoms with Gasteiger partial charge in [0.15, 0.2) is 0 Å². The number of hydrogen-bond donors (Lipinski definition) is 0. The van der Waals surface area contributed by atoms with Crippen LogP contribution >= 0.6 is 11.8 Å². The lowest BCUT2D eigenvalue weighted by molar-refractivity contribution is -0.117. The second kappa shape index (κ2) is 7.72. The van der Waals surface area contributed by atoms with Gasteiger partial charge < -0.3 is 4.90 Å². The monoisotopic (exact) mass is 422 g/mol. The lowest BCUT2D eigenvalue weighted by Crippen LogP contribution is -2.34. The minimum absolute atomic E-state index is 0.0345. The molecule has 0 N–H and O–H groups in total. The highest BCUT2D eigenvalue weighted by Gasteiger charge is 2.42. The molecule has 1 aromatic heterocycles. The quantitative estimate of drug-likeness (QED) is 0.643. The van der Waals surface area contributed by atoms with Crippen LogP contribution in [0.3, 0.4) is 0 Å². The minimum Gasteiger partial charge on any atom is -0.378 e. The van der Waals surface area contributed by atoms with E-state index >= 15 is 0 Å². The number of thioether (sulfide) groups is 1. The van der Waals surface area contributed by atoms with Crippen LogP contribution in [0, 0.1) is 6.92 Å². The van der Waals surface area contributed by atoms with E-state index < -0.39 is 0 Å². The molecule has 30 heavy (non-hydrogen) atoms. The summed E-state index contributed by atoms with van der Waals surface area (Å²) >= 11 is 1.58. The van der Waals surface area contributed by atoms with Crippen molar-refractivity contribution in [2.24, 2.45) is 7.05 Å². The van der Waals surface area contributed by atoms with E-state index in [9.17, 15) is 9.59 Å². The van der Waals surface area contributed by atoms with Gasteiger partial charge in [0.1, 0.15) is 11.1 Å². The van der Waals surface area contributed by atoms with Crippen LogP contribution < -0.4 is 15.4 Å². The van der Waals surface area contributed by atoms with Crippen LogP contribution in [0.1, 0.15) is 23.6 Å². The number of benzene rings is 2. The Morgan fingerprint density at radius 2 is 1.60 bits per heavy atom. The summed E-state index contributed by atoms with van der Waals surface area (Å²) in [6.07, 6.45) is 0. The predicted octanol–water partition coefficient (Wildman–Crippen LogP) is 3.72. The Balaban J connectivity index is 1.83. The molecule has 3 aromatic rings. The lowest BCUT2D eigenvalue weighted by atomic mass is 10.1. The van der Waals surface area contributed by atoms with Crippen LogP contribution in [0.2, 0.25) is 0 Å². The molecule has 4 rings (SSSR count). The van der Waals surface area contributed by atoms with Crippen molar-refractivity contribution in [3.63, 3.8) is 0 Å². The number of rotatable bonds is 4. The van der Waals surface area contributed by atoms with Crippen molar-refractivity contribution in [2.75, 3.05) is 23.9 Å². The van der Waals surface area contributed by atoms with Crippen molar-refractivity contribution < 1.29 is 4.79 Å². The third kappa shape index (κ3) is 3.23. The molecule has 0 aliphatic carbocycles. The predicted molar refractivity (Wildman–Crippen MR) is 124 cm³/mol. The average Bonchev–Trinajstić information content (AvgIpc) is 3.15. The molecule has 6 nitrogen and oxygen atoms in total. The maximum Gasteiger partial charge on any atom is 0.295 e. The van der Waals surface area contributed by atoms with Gasteiger partial charge in [-0.25, -0.2) is 4.68 Å². The van der Waals surface area contributed by atoms with Crippen molar-refractivity contribution in [2.45, 2.75) is 24.5 Å². The molecule has 2 heterocycles. The van der Waals surface area contributed by atoms with Crippen molar-refractivity contribution in [3.05, 3.63) is 76.2 Å². The molecule has 156 valence electrons. The highest BCUT2D eigenvalue weighted by Crippen LogP contribution is 2.45. The highest BCUT2D eigenvalue weighted by atomic mass is 32.2. The second-order valence-electron chi connectivity index (χ2n) is 7.73. The smallest absolute Gasteiger partial charge is 0.295 e. The van der Waals surface area contributed by atoms with Crippen LogP contribution in [0.4, 0.5) is 11.4 Å². The number of anilines is 2. The Bertz CT molecular complexity index is 1130. The zero-order chi connectivity index (χ0) is 21.6. The molecule has 0 spiro atoms. The van der Waals surface area contributed by atoms with Gasteiger partial charge in [-0.3, -0.25) is 19.2 Å². The Hall–Kier alpha value is -2.93. The molecule has 0 radical (unpaired) electrons. The number of hydrogen-bond acceptors (Lipinski definition) is 4. The molecule has 1 aliphatic rings. The fraction of sp³-hybridized carbons (Fsp3) is 0.304. The Kier molecular flexibility index (Phi) is 5.24. The van der Waals surface area contributed by atoms with Gasteiger partial charge in [0, 0.05) is 26.8 Å². The lowest BCUT2D eigenvalue weighted by Gasteiger charge is -2.23. The Labute approximate surface area is 180 Å². The van der Waals surface area contributed by atoms with E-state index in [1.807, 2.05) is 99.2 Å². The Morgan fingerprint density at radius 3 is 2.20 bits per heavy atom. The van der Waals surface area contributed by atoms with Gasteiger partial charge in [0.05, 0.1) is 16.6 Å². The summed E-state index contributed by atoms with van der Waals surface area (Å²) in [7, 11) is 5.85. The Morgan fingerprint density at radius 1 is 0.967 bits per heavy atom. The van der Waals surface area contributed by atoms with Crippen LogP contribution in [-0.2, 0) is 11.8 Å². The molecule has 2 atom stereocenters. The van der Waals surface area contributed by atoms with E-state index in [4.69, 9.17) is 0 Å². The maximum absolute atomic E-state index is 13.5. The van der Waals surface area contributed by atoms with Gasteiger partial charge in [0.25, 0.3) is 5.56 Å². The first-order valence-corrected chi connectivity index (χ1v) is 10.9. The van der Waals surface area contributed by atoms with Gasteiger partial charge in [-0.05, 0) is 43.7 Å². The number of para-hydroxylation sites is 1. The second-order valence-corrected chi connectivity index (χ2v) is 9.16. The van der Waals surface area contributed by atoms with Crippen molar-refractivity contribution in [1.29, 1.82) is 0 Å². The first-order chi connectivity index (χ1) is 14.3. The molecule has 7 heteroatoms. The fourth-order valence-corrected chi connectivity index (χ4v) is 5.11. The first-order valence-electron chi connectivity index (χ1n) is 9.91. The standard InChI is InChI=1S/C23H26N4O2S/c1-15-20(22(29)27(25(15)5)19-9-7-6-8-10-19)26-21(28)16(2)30-23(26)17-11-13-18(14-12-17)24(3)4/h6-14,16,23H,1-5H3. The van der Waals surface area contributed by atoms with Crippen LogP contribution in [-0.4, -0.2) is 34.6 Å².